The third-order valence-electron chi connectivity index (χ3n) is 2.32. The van der Waals surface area contributed by atoms with Gasteiger partial charge in [0.15, 0.2) is 0 Å². The molecule has 1 nitrogen and oxygen atoms in total. The van der Waals surface area contributed by atoms with Crippen molar-refractivity contribution in [3.05, 3.63) is 59.0 Å². The highest BCUT2D eigenvalue weighted by Crippen LogP contribution is 2.25. The zero-order chi connectivity index (χ0) is 9.97. The van der Waals surface area contributed by atoms with Crippen LogP contribution in [0.25, 0.3) is 0 Å². The highest BCUT2D eigenvalue weighted by atomic mass is 35.5. The number of benzene rings is 1. The van der Waals surface area contributed by atoms with Gasteiger partial charge in [0.05, 0.1) is 6.26 Å². The maximum Gasteiger partial charge on any atom is 0.110 e. The molecule has 14 heavy (non-hydrogen) atoms. The second kappa shape index (κ2) is 3.89. The molecule has 0 bridgehead atoms. The molecule has 0 amide bonds. The largest absolute Gasteiger partial charge is 0.469 e. The van der Waals surface area contributed by atoms with Crippen molar-refractivity contribution in [3.63, 3.8) is 0 Å². The van der Waals surface area contributed by atoms with E-state index >= 15 is 0 Å². The topological polar surface area (TPSA) is 13.1 Å². The Morgan fingerprint density at radius 1 is 1.21 bits per heavy atom. The fraction of sp³-hybridized carbons (Fsp3) is 0.167. The van der Waals surface area contributed by atoms with Gasteiger partial charge >= 0.3 is 0 Å². The first-order chi connectivity index (χ1) is 6.77. The summed E-state index contributed by atoms with van der Waals surface area (Å²) in [6.07, 6.45) is 1.69. The van der Waals surface area contributed by atoms with Gasteiger partial charge in [0.1, 0.15) is 5.76 Å². The van der Waals surface area contributed by atoms with Gasteiger partial charge in [-0.1, -0.05) is 30.7 Å². The van der Waals surface area contributed by atoms with E-state index in [1.54, 1.807) is 6.26 Å². The fourth-order valence-electron chi connectivity index (χ4n) is 1.48. The van der Waals surface area contributed by atoms with Crippen LogP contribution in [-0.4, -0.2) is 0 Å². The molecule has 2 rings (SSSR count). The van der Waals surface area contributed by atoms with E-state index in [-0.39, 0.29) is 5.92 Å². The first-order valence-corrected chi connectivity index (χ1v) is 4.94. The molecule has 0 N–H and O–H groups in total. The molecule has 2 heteroatoms. The van der Waals surface area contributed by atoms with Crippen LogP contribution in [-0.2, 0) is 0 Å². The van der Waals surface area contributed by atoms with Gasteiger partial charge < -0.3 is 4.42 Å². The lowest BCUT2D eigenvalue weighted by molar-refractivity contribution is 0.496. The van der Waals surface area contributed by atoms with E-state index in [1.807, 2.05) is 30.3 Å². The van der Waals surface area contributed by atoms with Crippen LogP contribution in [0, 0.1) is 0 Å². The summed E-state index contributed by atoms with van der Waals surface area (Å²) in [6, 6.07) is 11.7. The average Bonchev–Trinajstić information content (AvgIpc) is 2.69. The summed E-state index contributed by atoms with van der Waals surface area (Å²) >= 11 is 5.92. The van der Waals surface area contributed by atoms with E-state index in [1.165, 1.54) is 5.56 Å². The smallest absolute Gasteiger partial charge is 0.110 e. The van der Waals surface area contributed by atoms with Crippen molar-refractivity contribution in [2.24, 2.45) is 0 Å². The highest BCUT2D eigenvalue weighted by molar-refractivity contribution is 6.30. The third kappa shape index (κ3) is 1.83. The quantitative estimate of drug-likeness (QED) is 0.722. The minimum Gasteiger partial charge on any atom is -0.469 e. The van der Waals surface area contributed by atoms with Crippen LogP contribution < -0.4 is 0 Å². The van der Waals surface area contributed by atoms with Crippen LogP contribution in [0.2, 0.25) is 5.02 Å². The maximum absolute atomic E-state index is 5.92. The molecule has 1 aromatic heterocycles. The van der Waals surface area contributed by atoms with Gasteiger partial charge in [0.2, 0.25) is 0 Å². The Labute approximate surface area is 88.3 Å². The monoisotopic (exact) mass is 206 g/mol. The maximum atomic E-state index is 5.92. The van der Waals surface area contributed by atoms with Gasteiger partial charge in [-0.25, -0.2) is 0 Å². The van der Waals surface area contributed by atoms with Crippen molar-refractivity contribution in [2.45, 2.75) is 12.8 Å². The summed E-state index contributed by atoms with van der Waals surface area (Å²) in [4.78, 5) is 0. The summed E-state index contributed by atoms with van der Waals surface area (Å²) < 4.78 is 5.35. The van der Waals surface area contributed by atoms with Crippen molar-refractivity contribution in [1.29, 1.82) is 0 Å². The van der Waals surface area contributed by atoms with Gasteiger partial charge in [0, 0.05) is 10.9 Å². The van der Waals surface area contributed by atoms with Crippen LogP contribution >= 0.6 is 11.6 Å². The molecule has 0 spiro atoms. The lowest BCUT2D eigenvalue weighted by Crippen LogP contribution is -1.93. The molecule has 0 fully saturated rings. The molecule has 72 valence electrons. The number of halogens is 1. The molecule has 1 atom stereocenters. The Hall–Kier alpha value is -1.21. The Kier molecular flexibility index (Phi) is 2.60. The molecule has 1 aromatic carbocycles. The predicted molar refractivity (Wildman–Crippen MR) is 57.7 cm³/mol. The Morgan fingerprint density at radius 2 is 2.07 bits per heavy atom. The predicted octanol–water partition coefficient (Wildman–Crippen LogP) is 4.08. The number of hydrogen-bond donors (Lipinski definition) is 0. The molecular formula is C12H11ClO. The van der Waals surface area contributed by atoms with Crippen LogP contribution in [0.5, 0.6) is 0 Å². The fourth-order valence-corrected chi connectivity index (χ4v) is 1.68. The summed E-state index contributed by atoms with van der Waals surface area (Å²) in [5.41, 5.74) is 1.17. The lowest BCUT2D eigenvalue weighted by atomic mass is 9.99. The van der Waals surface area contributed by atoms with Crippen molar-refractivity contribution in [1.82, 2.24) is 0 Å². The third-order valence-corrected chi connectivity index (χ3v) is 2.55. The Balaban J connectivity index is 2.32. The average molecular weight is 207 g/mol. The first-order valence-electron chi connectivity index (χ1n) is 4.56. The van der Waals surface area contributed by atoms with Crippen LogP contribution in [0.1, 0.15) is 24.2 Å². The Morgan fingerprint density at radius 3 is 2.71 bits per heavy atom. The van der Waals surface area contributed by atoms with E-state index in [4.69, 9.17) is 16.0 Å². The Bertz CT molecular complexity index is 406. The second-order valence-corrected chi connectivity index (χ2v) is 3.73. The summed E-state index contributed by atoms with van der Waals surface area (Å²) in [5.74, 6) is 1.22. The van der Waals surface area contributed by atoms with Gasteiger partial charge in [-0.2, -0.15) is 0 Å². The summed E-state index contributed by atoms with van der Waals surface area (Å²) in [7, 11) is 0. The van der Waals surface area contributed by atoms with Crippen LogP contribution in [0.3, 0.4) is 0 Å². The summed E-state index contributed by atoms with van der Waals surface area (Å²) in [6.45, 7) is 2.10. The van der Waals surface area contributed by atoms with Crippen molar-refractivity contribution in [2.75, 3.05) is 0 Å². The molecule has 0 aliphatic carbocycles. The molecule has 0 saturated carbocycles. The normalized spacial score (nSPS) is 12.7. The standard InChI is InChI=1S/C12H11ClO/c1-9(12-6-3-7-14-12)10-4-2-5-11(13)8-10/h2-9H,1H3. The van der Waals surface area contributed by atoms with E-state index < -0.39 is 0 Å². The minimum atomic E-state index is 0.253. The van der Waals surface area contributed by atoms with E-state index in [0.29, 0.717) is 0 Å². The zero-order valence-corrected chi connectivity index (χ0v) is 8.66. The number of furan rings is 1. The molecule has 0 aliphatic heterocycles. The van der Waals surface area contributed by atoms with Crippen LogP contribution in [0.15, 0.2) is 47.1 Å². The van der Waals surface area contributed by atoms with Gasteiger partial charge in [-0.05, 0) is 29.8 Å². The minimum absolute atomic E-state index is 0.253. The molecule has 2 aromatic rings. The number of rotatable bonds is 2. The zero-order valence-electron chi connectivity index (χ0n) is 7.91. The molecule has 1 unspecified atom stereocenters. The summed E-state index contributed by atoms with van der Waals surface area (Å²) in [5, 5.41) is 0.765. The van der Waals surface area contributed by atoms with E-state index in [9.17, 15) is 0 Å². The molecule has 0 aliphatic rings. The molecular weight excluding hydrogens is 196 g/mol. The highest BCUT2D eigenvalue weighted by Gasteiger charge is 2.10. The van der Waals surface area contributed by atoms with Gasteiger partial charge in [-0.15, -0.1) is 0 Å². The molecule has 1 heterocycles. The van der Waals surface area contributed by atoms with Crippen molar-refractivity contribution < 1.29 is 4.42 Å². The lowest BCUT2D eigenvalue weighted by Gasteiger charge is -2.08. The van der Waals surface area contributed by atoms with Crippen molar-refractivity contribution in [3.8, 4) is 0 Å². The van der Waals surface area contributed by atoms with E-state index in [0.717, 1.165) is 10.8 Å². The number of hydrogen-bond acceptors (Lipinski definition) is 1. The van der Waals surface area contributed by atoms with Crippen molar-refractivity contribution >= 4 is 11.6 Å². The van der Waals surface area contributed by atoms with E-state index in [2.05, 4.69) is 13.0 Å². The second-order valence-electron chi connectivity index (χ2n) is 3.29. The van der Waals surface area contributed by atoms with Gasteiger partial charge in [-0.3, -0.25) is 0 Å². The molecule has 0 saturated heterocycles. The van der Waals surface area contributed by atoms with Crippen LogP contribution in [0.4, 0.5) is 0 Å². The van der Waals surface area contributed by atoms with Gasteiger partial charge in [0.25, 0.3) is 0 Å². The molecule has 0 radical (unpaired) electrons. The first kappa shape index (κ1) is 9.35. The SMILES string of the molecule is CC(c1cccc(Cl)c1)c1ccco1.